The third kappa shape index (κ3) is 3.31. The predicted molar refractivity (Wildman–Crippen MR) is 85.9 cm³/mol. The molecule has 0 fully saturated rings. The quantitative estimate of drug-likeness (QED) is 0.771. The number of carbonyl (C=O) groups excluding carboxylic acids is 1. The van der Waals surface area contributed by atoms with Crippen molar-refractivity contribution in [3.05, 3.63) is 42.7 Å². The molecule has 23 heavy (non-hydrogen) atoms. The normalized spacial score (nSPS) is 12.5. The molecule has 3 aromatic rings. The summed E-state index contributed by atoms with van der Waals surface area (Å²) in [6.07, 6.45) is 10.5. The number of amides is 2. The highest BCUT2D eigenvalue weighted by Gasteiger charge is 2.19. The smallest absolute Gasteiger partial charge is 0.319 e. The van der Waals surface area contributed by atoms with Crippen LogP contribution in [0.25, 0.3) is 5.78 Å². The topological polar surface area (TPSA) is 89.1 Å². The van der Waals surface area contributed by atoms with Crippen LogP contribution in [0.15, 0.2) is 37.2 Å². The van der Waals surface area contributed by atoms with Gasteiger partial charge in [-0.3, -0.25) is 9.08 Å². The van der Waals surface area contributed by atoms with Crippen molar-refractivity contribution in [2.24, 2.45) is 13.0 Å². The monoisotopic (exact) mass is 313 g/mol. The van der Waals surface area contributed by atoms with E-state index in [4.69, 9.17) is 0 Å². The number of imidazole rings is 1. The minimum atomic E-state index is -0.284. The molecule has 0 aliphatic rings. The van der Waals surface area contributed by atoms with Gasteiger partial charge in [-0.25, -0.2) is 14.8 Å². The van der Waals surface area contributed by atoms with Gasteiger partial charge in [0.2, 0.25) is 5.78 Å². The predicted octanol–water partition coefficient (Wildman–Crippen LogP) is 1.98. The van der Waals surface area contributed by atoms with E-state index in [-0.39, 0.29) is 18.0 Å². The van der Waals surface area contributed by atoms with Crippen LogP contribution in [0.3, 0.4) is 0 Å². The van der Waals surface area contributed by atoms with Gasteiger partial charge in [0.25, 0.3) is 0 Å². The molecule has 0 saturated heterocycles. The summed E-state index contributed by atoms with van der Waals surface area (Å²) in [6, 6.07) is -0.401. The van der Waals surface area contributed by atoms with Crippen molar-refractivity contribution < 1.29 is 4.79 Å². The number of aryl methyl sites for hydroxylation is 1. The average molecular weight is 313 g/mol. The fourth-order valence-electron chi connectivity index (χ4n) is 2.42. The largest absolute Gasteiger partial charge is 0.331 e. The maximum atomic E-state index is 12.3. The maximum absolute atomic E-state index is 12.3. The highest BCUT2D eigenvalue weighted by atomic mass is 16.2. The Morgan fingerprint density at radius 3 is 2.74 bits per heavy atom. The Labute approximate surface area is 133 Å². The zero-order valence-electron chi connectivity index (χ0n) is 13.3. The molecule has 0 bridgehead atoms. The van der Waals surface area contributed by atoms with Gasteiger partial charge in [-0.05, 0) is 5.92 Å². The molecule has 0 aliphatic carbocycles. The average Bonchev–Trinajstić information content (AvgIpc) is 3.12. The first kappa shape index (κ1) is 15.0. The van der Waals surface area contributed by atoms with E-state index < -0.39 is 0 Å². The Hall–Kier alpha value is -2.90. The third-order valence-corrected chi connectivity index (χ3v) is 3.54. The molecular formula is C15H19N7O. The van der Waals surface area contributed by atoms with Gasteiger partial charge < -0.3 is 10.6 Å². The standard InChI is InChI=1S/C15H19N7O/c1-10(2)13(11-6-18-21(3)8-11)20-15(23)19-12-7-17-14-16-4-5-22(14)9-12/h4-10,13H,1-3H3,(H2,19,20,23). The van der Waals surface area contributed by atoms with Gasteiger partial charge in [0.05, 0.1) is 24.1 Å². The lowest BCUT2D eigenvalue weighted by molar-refractivity contribution is 0.244. The lowest BCUT2D eigenvalue weighted by Crippen LogP contribution is -2.35. The lowest BCUT2D eigenvalue weighted by atomic mass is 9.99. The molecule has 3 heterocycles. The first-order valence-electron chi connectivity index (χ1n) is 7.37. The number of hydrogen-bond acceptors (Lipinski definition) is 4. The molecule has 0 radical (unpaired) electrons. The van der Waals surface area contributed by atoms with Gasteiger partial charge in [0, 0.05) is 37.4 Å². The summed E-state index contributed by atoms with van der Waals surface area (Å²) in [5.41, 5.74) is 1.57. The van der Waals surface area contributed by atoms with Gasteiger partial charge in [-0.1, -0.05) is 13.8 Å². The molecule has 8 nitrogen and oxygen atoms in total. The molecule has 1 atom stereocenters. The molecule has 8 heteroatoms. The molecule has 1 unspecified atom stereocenters. The van der Waals surface area contributed by atoms with E-state index in [0.29, 0.717) is 11.5 Å². The van der Waals surface area contributed by atoms with E-state index in [0.717, 1.165) is 5.56 Å². The second-order valence-corrected chi connectivity index (χ2v) is 5.74. The number of nitrogens with zero attached hydrogens (tertiary/aromatic N) is 5. The highest BCUT2D eigenvalue weighted by molar-refractivity contribution is 5.89. The molecule has 0 aromatic carbocycles. The molecule has 2 amide bonds. The lowest BCUT2D eigenvalue weighted by Gasteiger charge is -2.21. The molecule has 0 aliphatic heterocycles. The molecular weight excluding hydrogens is 294 g/mol. The van der Waals surface area contributed by atoms with Crippen LogP contribution in [-0.2, 0) is 7.05 Å². The minimum absolute atomic E-state index is 0.117. The summed E-state index contributed by atoms with van der Waals surface area (Å²) in [6.45, 7) is 4.11. The van der Waals surface area contributed by atoms with Crippen LogP contribution in [0.1, 0.15) is 25.5 Å². The van der Waals surface area contributed by atoms with Crippen molar-refractivity contribution in [3.8, 4) is 0 Å². The maximum Gasteiger partial charge on any atom is 0.319 e. The molecule has 3 rings (SSSR count). The van der Waals surface area contributed by atoms with Crippen LogP contribution in [-0.4, -0.2) is 30.2 Å². The van der Waals surface area contributed by atoms with Crippen molar-refractivity contribution in [3.63, 3.8) is 0 Å². The molecule has 2 N–H and O–H groups in total. The SMILES string of the molecule is CC(C)C(NC(=O)Nc1cnc2nccn2c1)c1cnn(C)c1. The summed E-state index contributed by atoms with van der Waals surface area (Å²) in [5.74, 6) is 0.825. The second kappa shape index (κ2) is 6.07. The van der Waals surface area contributed by atoms with Gasteiger partial charge >= 0.3 is 6.03 Å². The Morgan fingerprint density at radius 2 is 2.04 bits per heavy atom. The van der Waals surface area contributed by atoms with Crippen molar-refractivity contribution >= 4 is 17.5 Å². The van der Waals surface area contributed by atoms with E-state index in [2.05, 4.69) is 39.5 Å². The fraction of sp³-hybridized carbons (Fsp3) is 0.333. The Kier molecular flexibility index (Phi) is 3.96. The van der Waals surface area contributed by atoms with Crippen LogP contribution in [0.2, 0.25) is 0 Å². The van der Waals surface area contributed by atoms with E-state index in [1.54, 1.807) is 40.1 Å². The van der Waals surface area contributed by atoms with E-state index in [1.807, 2.05) is 13.2 Å². The van der Waals surface area contributed by atoms with Crippen LogP contribution < -0.4 is 10.6 Å². The van der Waals surface area contributed by atoms with Crippen LogP contribution >= 0.6 is 0 Å². The highest BCUT2D eigenvalue weighted by Crippen LogP contribution is 2.21. The number of anilines is 1. The number of hydrogen-bond donors (Lipinski definition) is 2. The summed E-state index contributed by atoms with van der Waals surface area (Å²) in [5, 5.41) is 9.94. The first-order valence-corrected chi connectivity index (χ1v) is 7.37. The zero-order valence-corrected chi connectivity index (χ0v) is 13.3. The zero-order chi connectivity index (χ0) is 16.4. The Balaban J connectivity index is 1.71. The third-order valence-electron chi connectivity index (χ3n) is 3.54. The van der Waals surface area contributed by atoms with E-state index >= 15 is 0 Å². The van der Waals surface area contributed by atoms with Gasteiger partial charge in [-0.2, -0.15) is 5.10 Å². The second-order valence-electron chi connectivity index (χ2n) is 5.74. The van der Waals surface area contributed by atoms with Crippen LogP contribution in [0.5, 0.6) is 0 Å². The van der Waals surface area contributed by atoms with Crippen LogP contribution in [0, 0.1) is 5.92 Å². The van der Waals surface area contributed by atoms with E-state index in [1.165, 1.54) is 0 Å². The number of rotatable bonds is 4. The van der Waals surface area contributed by atoms with Crippen molar-refractivity contribution in [1.82, 2.24) is 29.5 Å². The summed E-state index contributed by atoms with van der Waals surface area (Å²) < 4.78 is 3.47. The minimum Gasteiger partial charge on any atom is -0.331 e. The number of urea groups is 1. The van der Waals surface area contributed by atoms with Crippen molar-refractivity contribution in [2.45, 2.75) is 19.9 Å². The van der Waals surface area contributed by atoms with Crippen molar-refractivity contribution in [2.75, 3.05) is 5.32 Å². The summed E-state index contributed by atoms with van der Waals surface area (Å²) >= 11 is 0. The van der Waals surface area contributed by atoms with Gasteiger partial charge in [-0.15, -0.1) is 0 Å². The molecule has 120 valence electrons. The summed E-state index contributed by atoms with van der Waals surface area (Å²) in [4.78, 5) is 20.5. The number of aromatic nitrogens is 5. The Morgan fingerprint density at radius 1 is 1.22 bits per heavy atom. The van der Waals surface area contributed by atoms with Crippen LogP contribution in [0.4, 0.5) is 10.5 Å². The number of fused-ring (bicyclic) bond motifs is 1. The molecule has 0 saturated carbocycles. The van der Waals surface area contributed by atoms with E-state index in [9.17, 15) is 4.79 Å². The first-order chi connectivity index (χ1) is 11.0. The summed E-state index contributed by atoms with van der Waals surface area (Å²) in [7, 11) is 1.85. The van der Waals surface area contributed by atoms with Crippen molar-refractivity contribution in [1.29, 1.82) is 0 Å². The molecule has 3 aromatic heterocycles. The van der Waals surface area contributed by atoms with Gasteiger partial charge in [0.1, 0.15) is 0 Å². The number of carbonyl (C=O) groups is 1. The van der Waals surface area contributed by atoms with Gasteiger partial charge in [0.15, 0.2) is 0 Å². The number of nitrogens with one attached hydrogen (secondary N) is 2. The Bertz CT molecular complexity index is 820. The molecule has 0 spiro atoms. The fourth-order valence-corrected chi connectivity index (χ4v) is 2.42.